The van der Waals surface area contributed by atoms with Crippen LogP contribution in [-0.4, -0.2) is 18.6 Å². The molecule has 94 valence electrons. The molecule has 0 aliphatic heterocycles. The average molecular weight is 232 g/mol. The van der Waals surface area contributed by atoms with E-state index in [0.29, 0.717) is 0 Å². The van der Waals surface area contributed by atoms with Gasteiger partial charge in [0, 0.05) is 12.1 Å². The Hall–Kier alpha value is -0.860. The molecular weight excluding hydrogens is 208 g/mol. The van der Waals surface area contributed by atoms with E-state index in [1.807, 2.05) is 0 Å². The van der Waals surface area contributed by atoms with Crippen LogP contribution in [0.25, 0.3) is 0 Å². The average Bonchev–Trinajstić information content (AvgIpc) is 2.41. The highest BCUT2D eigenvalue weighted by Gasteiger charge is 2.33. The summed E-state index contributed by atoms with van der Waals surface area (Å²) in [6.07, 6.45) is 4.93. The van der Waals surface area contributed by atoms with Gasteiger partial charge in [0.1, 0.15) is 0 Å². The molecule has 1 aliphatic carbocycles. The minimum atomic E-state index is 0.208. The lowest BCUT2D eigenvalue weighted by Crippen LogP contribution is -2.53. The molecule has 17 heavy (non-hydrogen) atoms. The Morgan fingerprint density at radius 3 is 2.41 bits per heavy atom. The summed E-state index contributed by atoms with van der Waals surface area (Å²) >= 11 is 0. The molecule has 0 unspecified atom stereocenters. The lowest BCUT2D eigenvalue weighted by atomic mass is 9.74. The highest BCUT2D eigenvalue weighted by Crippen LogP contribution is 2.37. The molecule has 2 rings (SSSR count). The molecule has 1 fully saturated rings. The van der Waals surface area contributed by atoms with Crippen molar-refractivity contribution in [2.75, 3.05) is 13.1 Å². The lowest BCUT2D eigenvalue weighted by molar-refractivity contribution is 0.226. The zero-order valence-electron chi connectivity index (χ0n) is 10.8. The van der Waals surface area contributed by atoms with Gasteiger partial charge in [-0.1, -0.05) is 37.3 Å². The van der Waals surface area contributed by atoms with E-state index in [2.05, 4.69) is 42.6 Å². The molecule has 0 atom stereocenters. The second-order valence-electron chi connectivity index (χ2n) is 5.20. The monoisotopic (exact) mass is 232 g/mol. The van der Waals surface area contributed by atoms with Gasteiger partial charge in [0.05, 0.1) is 0 Å². The van der Waals surface area contributed by atoms with Crippen LogP contribution in [-0.2, 0) is 0 Å². The molecular formula is C15H24N2. The van der Waals surface area contributed by atoms with E-state index in [9.17, 15) is 0 Å². The van der Waals surface area contributed by atoms with Crippen LogP contribution in [0.1, 0.15) is 44.1 Å². The predicted molar refractivity (Wildman–Crippen MR) is 73.1 cm³/mol. The van der Waals surface area contributed by atoms with E-state index in [0.717, 1.165) is 19.0 Å². The second kappa shape index (κ2) is 5.65. The number of nitrogens with one attached hydrogen (secondary N) is 1. The highest BCUT2D eigenvalue weighted by atomic mass is 15.0. The maximum atomic E-state index is 5.95. The van der Waals surface area contributed by atoms with Gasteiger partial charge in [0.2, 0.25) is 0 Å². The van der Waals surface area contributed by atoms with Crippen molar-refractivity contribution in [1.29, 1.82) is 0 Å². The minimum Gasteiger partial charge on any atom is -0.329 e. The van der Waals surface area contributed by atoms with Crippen molar-refractivity contribution in [3.05, 3.63) is 35.9 Å². The molecule has 2 heteroatoms. The fourth-order valence-electron chi connectivity index (χ4n) is 3.06. The van der Waals surface area contributed by atoms with E-state index >= 15 is 0 Å². The van der Waals surface area contributed by atoms with Crippen molar-refractivity contribution >= 4 is 0 Å². The summed E-state index contributed by atoms with van der Waals surface area (Å²) in [5, 5.41) is 3.59. The van der Waals surface area contributed by atoms with Gasteiger partial charge in [0.15, 0.2) is 0 Å². The number of benzene rings is 1. The highest BCUT2D eigenvalue weighted by molar-refractivity contribution is 5.20. The largest absolute Gasteiger partial charge is 0.329 e. The first-order valence-electron chi connectivity index (χ1n) is 6.80. The van der Waals surface area contributed by atoms with Gasteiger partial charge < -0.3 is 11.1 Å². The van der Waals surface area contributed by atoms with E-state index < -0.39 is 0 Å². The van der Waals surface area contributed by atoms with Crippen molar-refractivity contribution in [1.82, 2.24) is 5.32 Å². The lowest BCUT2D eigenvalue weighted by Gasteiger charge is -2.40. The van der Waals surface area contributed by atoms with Gasteiger partial charge in [-0.05, 0) is 43.7 Å². The number of likely N-dealkylation sites (N-methyl/N-ethyl adjacent to an activating group) is 1. The molecule has 0 radical (unpaired) electrons. The summed E-state index contributed by atoms with van der Waals surface area (Å²) in [6, 6.07) is 10.9. The SMILES string of the molecule is CCNC1(CN)CCC(c2ccccc2)CC1. The molecule has 2 nitrogen and oxygen atoms in total. The quantitative estimate of drug-likeness (QED) is 0.837. The Balaban J connectivity index is 1.98. The smallest absolute Gasteiger partial charge is 0.0304 e. The summed E-state index contributed by atoms with van der Waals surface area (Å²) in [5.41, 5.74) is 7.65. The molecule has 0 heterocycles. The molecule has 3 N–H and O–H groups in total. The van der Waals surface area contributed by atoms with E-state index in [-0.39, 0.29) is 5.54 Å². The first kappa shape index (κ1) is 12.6. The van der Waals surface area contributed by atoms with Crippen molar-refractivity contribution in [2.45, 2.75) is 44.1 Å². The van der Waals surface area contributed by atoms with Crippen molar-refractivity contribution < 1.29 is 0 Å². The second-order valence-corrected chi connectivity index (χ2v) is 5.20. The van der Waals surface area contributed by atoms with E-state index in [1.54, 1.807) is 0 Å². The van der Waals surface area contributed by atoms with Crippen LogP contribution in [0.5, 0.6) is 0 Å². The summed E-state index contributed by atoms with van der Waals surface area (Å²) in [5.74, 6) is 0.731. The molecule has 1 aromatic carbocycles. The van der Waals surface area contributed by atoms with Crippen molar-refractivity contribution in [3.8, 4) is 0 Å². The molecule has 0 bridgehead atoms. The van der Waals surface area contributed by atoms with Gasteiger partial charge >= 0.3 is 0 Å². The van der Waals surface area contributed by atoms with Crippen LogP contribution in [0.4, 0.5) is 0 Å². The van der Waals surface area contributed by atoms with Crippen molar-refractivity contribution in [3.63, 3.8) is 0 Å². The Morgan fingerprint density at radius 2 is 1.88 bits per heavy atom. The maximum Gasteiger partial charge on any atom is 0.0304 e. The molecule has 1 aliphatic rings. The number of hydrogen-bond donors (Lipinski definition) is 2. The van der Waals surface area contributed by atoms with Crippen LogP contribution < -0.4 is 11.1 Å². The van der Waals surface area contributed by atoms with Gasteiger partial charge in [-0.2, -0.15) is 0 Å². The van der Waals surface area contributed by atoms with Crippen LogP contribution in [0.15, 0.2) is 30.3 Å². The minimum absolute atomic E-state index is 0.208. The van der Waals surface area contributed by atoms with Crippen LogP contribution in [0, 0.1) is 0 Å². The Kier molecular flexibility index (Phi) is 4.19. The topological polar surface area (TPSA) is 38.0 Å². The third-order valence-corrected chi connectivity index (χ3v) is 4.16. The van der Waals surface area contributed by atoms with Gasteiger partial charge in [-0.15, -0.1) is 0 Å². The van der Waals surface area contributed by atoms with Crippen LogP contribution in [0.2, 0.25) is 0 Å². The van der Waals surface area contributed by atoms with Crippen molar-refractivity contribution in [2.24, 2.45) is 5.73 Å². The predicted octanol–water partition coefficient (Wildman–Crippen LogP) is 2.65. The Labute approximate surface area is 105 Å². The van der Waals surface area contributed by atoms with E-state index in [4.69, 9.17) is 5.73 Å². The van der Waals surface area contributed by atoms with Crippen LogP contribution >= 0.6 is 0 Å². The van der Waals surface area contributed by atoms with Crippen LogP contribution in [0.3, 0.4) is 0 Å². The first-order valence-corrected chi connectivity index (χ1v) is 6.80. The van der Waals surface area contributed by atoms with Gasteiger partial charge in [0.25, 0.3) is 0 Å². The summed E-state index contributed by atoms with van der Waals surface area (Å²) in [4.78, 5) is 0. The molecule has 0 spiro atoms. The third kappa shape index (κ3) is 2.88. The summed E-state index contributed by atoms with van der Waals surface area (Å²) in [6.45, 7) is 3.95. The zero-order valence-corrected chi connectivity index (χ0v) is 10.8. The third-order valence-electron chi connectivity index (χ3n) is 4.16. The fraction of sp³-hybridized carbons (Fsp3) is 0.600. The number of rotatable bonds is 4. The first-order chi connectivity index (χ1) is 8.29. The fourth-order valence-corrected chi connectivity index (χ4v) is 3.06. The van der Waals surface area contributed by atoms with E-state index in [1.165, 1.54) is 31.2 Å². The Morgan fingerprint density at radius 1 is 1.24 bits per heavy atom. The molecule has 0 amide bonds. The molecule has 1 aromatic rings. The Bertz CT molecular complexity index is 326. The van der Waals surface area contributed by atoms with Gasteiger partial charge in [-0.3, -0.25) is 0 Å². The summed E-state index contributed by atoms with van der Waals surface area (Å²) in [7, 11) is 0. The zero-order chi connectivity index (χ0) is 12.1. The normalized spacial score (nSPS) is 29.2. The maximum absolute atomic E-state index is 5.95. The standard InChI is InChI=1S/C15H24N2/c1-2-17-15(12-16)10-8-14(9-11-15)13-6-4-3-5-7-13/h3-7,14,17H,2,8-12,16H2,1H3. The van der Waals surface area contributed by atoms with Gasteiger partial charge in [-0.25, -0.2) is 0 Å². The number of nitrogens with two attached hydrogens (primary N) is 1. The molecule has 0 aromatic heterocycles. The summed E-state index contributed by atoms with van der Waals surface area (Å²) < 4.78 is 0. The molecule has 1 saturated carbocycles. The number of hydrogen-bond acceptors (Lipinski definition) is 2. The molecule has 0 saturated heterocycles.